The van der Waals surface area contributed by atoms with E-state index in [-0.39, 0.29) is 10.9 Å². The molecule has 0 aliphatic carbocycles. The molecule has 1 spiro atoms. The van der Waals surface area contributed by atoms with Crippen LogP contribution in [0.3, 0.4) is 0 Å². The lowest BCUT2D eigenvalue weighted by atomic mass is 9.90. The van der Waals surface area contributed by atoms with Gasteiger partial charge in [0.15, 0.2) is 5.60 Å². The Morgan fingerprint density at radius 3 is 2.46 bits per heavy atom. The predicted octanol–water partition coefficient (Wildman–Crippen LogP) is 1.75. The van der Waals surface area contributed by atoms with Crippen LogP contribution in [0.1, 0.15) is 24.8 Å². The maximum atomic E-state index is 13.1. The second-order valence-corrected chi connectivity index (χ2v) is 8.33. The molecule has 0 bridgehead atoms. The lowest BCUT2D eigenvalue weighted by molar-refractivity contribution is -0.155. The highest BCUT2D eigenvalue weighted by Crippen LogP contribution is 2.47. The Hall–Kier alpha value is -1.86. The van der Waals surface area contributed by atoms with Gasteiger partial charge in [-0.2, -0.15) is 0 Å². The van der Waals surface area contributed by atoms with E-state index >= 15 is 0 Å². The Morgan fingerprint density at radius 1 is 1.12 bits per heavy atom. The third-order valence-corrected chi connectivity index (χ3v) is 6.79. The smallest absolute Gasteiger partial charge is 0.336 e. The summed E-state index contributed by atoms with van der Waals surface area (Å²) in [7, 11) is -3.71. The van der Waals surface area contributed by atoms with Gasteiger partial charge in [-0.1, -0.05) is 17.7 Å². The van der Waals surface area contributed by atoms with Crippen LogP contribution in [0.2, 0.25) is 0 Å². The molecular formula is C17H19NO5S. The fourth-order valence-corrected chi connectivity index (χ4v) is 5.28. The van der Waals surface area contributed by atoms with Crippen molar-refractivity contribution >= 4 is 16.0 Å². The van der Waals surface area contributed by atoms with Crippen LogP contribution in [0.4, 0.5) is 0 Å². The minimum atomic E-state index is -3.71. The monoisotopic (exact) mass is 349 g/mol. The quantitative estimate of drug-likeness (QED) is 0.761. The highest BCUT2D eigenvalue weighted by atomic mass is 32.2. The van der Waals surface area contributed by atoms with Gasteiger partial charge in [-0.15, -0.1) is 0 Å². The van der Waals surface area contributed by atoms with Gasteiger partial charge in [-0.05, 0) is 19.1 Å². The largest absolute Gasteiger partial charge is 0.449 e. The molecule has 4 rings (SSSR count). The van der Waals surface area contributed by atoms with Crippen molar-refractivity contribution in [3.05, 3.63) is 41.1 Å². The summed E-state index contributed by atoms with van der Waals surface area (Å²) in [6.07, 6.45) is 1.40. The van der Waals surface area contributed by atoms with E-state index in [2.05, 4.69) is 0 Å². The third-order valence-electron chi connectivity index (χ3n) is 4.98. The van der Waals surface area contributed by atoms with Crippen LogP contribution in [0.15, 0.2) is 40.4 Å². The van der Waals surface area contributed by atoms with Gasteiger partial charge in [0.25, 0.3) is 10.0 Å². The number of ether oxygens (including phenoxy) is 2. The molecule has 1 aromatic carbocycles. The maximum Gasteiger partial charge on any atom is 0.336 e. The summed E-state index contributed by atoms with van der Waals surface area (Å²) in [6, 6.07) is 6.77. The number of benzene rings is 1. The number of nitrogens with zero attached hydrogens (tertiary/aromatic N) is 1. The molecule has 0 atom stereocenters. The fraction of sp³-hybridized carbons (Fsp3) is 0.471. The van der Waals surface area contributed by atoms with Crippen molar-refractivity contribution in [2.75, 3.05) is 19.8 Å². The summed E-state index contributed by atoms with van der Waals surface area (Å²) >= 11 is 0. The van der Waals surface area contributed by atoms with E-state index in [1.54, 1.807) is 24.3 Å². The fourth-order valence-electron chi connectivity index (χ4n) is 3.70. The van der Waals surface area contributed by atoms with Gasteiger partial charge >= 0.3 is 5.97 Å². The zero-order valence-corrected chi connectivity index (χ0v) is 14.3. The van der Waals surface area contributed by atoms with Crippen LogP contribution < -0.4 is 0 Å². The van der Waals surface area contributed by atoms with Crippen molar-refractivity contribution in [1.82, 2.24) is 4.31 Å². The Morgan fingerprint density at radius 2 is 1.79 bits per heavy atom. The minimum absolute atomic E-state index is 0.239. The van der Waals surface area contributed by atoms with Gasteiger partial charge in [-0.3, -0.25) is 4.31 Å². The Kier molecular flexibility index (Phi) is 3.47. The molecular weight excluding hydrogens is 330 g/mol. The molecule has 24 heavy (non-hydrogen) atoms. The Bertz CT molecular complexity index is 819. The lowest BCUT2D eigenvalue weighted by Crippen LogP contribution is -2.45. The first-order valence-corrected chi connectivity index (χ1v) is 9.52. The molecule has 0 unspecified atom stereocenters. The number of hydrogen-bond donors (Lipinski definition) is 0. The molecule has 0 radical (unpaired) electrons. The molecule has 128 valence electrons. The van der Waals surface area contributed by atoms with Gasteiger partial charge in [0.05, 0.1) is 29.4 Å². The first-order valence-electron chi connectivity index (χ1n) is 8.08. The molecule has 0 saturated carbocycles. The van der Waals surface area contributed by atoms with E-state index in [1.807, 2.05) is 6.92 Å². The molecule has 7 heteroatoms. The van der Waals surface area contributed by atoms with E-state index in [0.29, 0.717) is 50.3 Å². The first-order chi connectivity index (χ1) is 11.4. The van der Waals surface area contributed by atoms with E-state index in [1.165, 1.54) is 4.31 Å². The molecule has 1 saturated heterocycles. The van der Waals surface area contributed by atoms with Crippen molar-refractivity contribution in [2.24, 2.45) is 0 Å². The zero-order chi connectivity index (χ0) is 16.9. The molecule has 3 heterocycles. The van der Waals surface area contributed by atoms with Crippen molar-refractivity contribution in [3.8, 4) is 0 Å². The van der Waals surface area contributed by atoms with Gasteiger partial charge in [0.2, 0.25) is 0 Å². The average molecular weight is 349 g/mol. The summed E-state index contributed by atoms with van der Waals surface area (Å²) in [4.78, 5) is 12.5. The number of carbonyl (C=O) groups excluding carboxylic acids is 1. The minimum Gasteiger partial charge on any atom is -0.449 e. The Labute approximate surface area is 141 Å². The normalized spacial score (nSPS) is 22.9. The van der Waals surface area contributed by atoms with Crippen LogP contribution in [-0.2, 0) is 24.3 Å². The van der Waals surface area contributed by atoms with Crippen molar-refractivity contribution < 1.29 is 22.7 Å². The first kappa shape index (κ1) is 15.7. The lowest BCUT2D eigenvalue weighted by Gasteiger charge is -2.37. The number of carbonyl (C=O) groups is 1. The van der Waals surface area contributed by atoms with E-state index in [9.17, 15) is 13.2 Å². The standard InChI is InChI=1S/C17H19NO5S/c1-12-2-4-13(5-3-12)24(20,21)18-9-6-14-15(18)17(23-16(14)19)7-10-22-11-8-17/h2-5H,6-11H2,1H3. The Balaban J connectivity index is 1.77. The second kappa shape index (κ2) is 5.32. The summed E-state index contributed by atoms with van der Waals surface area (Å²) in [6.45, 7) is 3.12. The molecule has 0 amide bonds. The predicted molar refractivity (Wildman–Crippen MR) is 85.6 cm³/mol. The maximum absolute atomic E-state index is 13.1. The number of esters is 1. The summed E-state index contributed by atoms with van der Waals surface area (Å²) in [5.74, 6) is -0.381. The van der Waals surface area contributed by atoms with Gasteiger partial charge < -0.3 is 9.47 Å². The van der Waals surface area contributed by atoms with E-state index < -0.39 is 15.6 Å². The SMILES string of the molecule is Cc1ccc(S(=O)(=O)N2CCC3=C2C2(CCOCC2)OC3=O)cc1. The highest BCUT2D eigenvalue weighted by molar-refractivity contribution is 7.89. The highest BCUT2D eigenvalue weighted by Gasteiger charge is 2.55. The molecule has 0 N–H and O–H groups in total. The third kappa shape index (κ3) is 2.18. The van der Waals surface area contributed by atoms with Crippen molar-refractivity contribution in [2.45, 2.75) is 36.7 Å². The summed E-state index contributed by atoms with van der Waals surface area (Å²) in [5, 5.41) is 0. The number of sulfonamides is 1. The summed E-state index contributed by atoms with van der Waals surface area (Å²) < 4.78 is 38.6. The average Bonchev–Trinajstić information content (AvgIpc) is 3.11. The van der Waals surface area contributed by atoms with E-state index in [0.717, 1.165) is 5.56 Å². The number of rotatable bonds is 2. The second-order valence-electron chi connectivity index (χ2n) is 6.46. The van der Waals surface area contributed by atoms with Crippen molar-refractivity contribution in [3.63, 3.8) is 0 Å². The van der Waals surface area contributed by atoms with Crippen LogP contribution in [-0.4, -0.2) is 44.1 Å². The van der Waals surface area contributed by atoms with Gasteiger partial charge in [0.1, 0.15) is 0 Å². The molecule has 1 fully saturated rings. The number of fused-ring (bicyclic) bond motifs is 1. The zero-order valence-electron chi connectivity index (χ0n) is 13.4. The van der Waals surface area contributed by atoms with Gasteiger partial charge in [0, 0.05) is 25.8 Å². The van der Waals surface area contributed by atoms with Crippen LogP contribution >= 0.6 is 0 Å². The van der Waals surface area contributed by atoms with Crippen LogP contribution in [0.25, 0.3) is 0 Å². The van der Waals surface area contributed by atoms with E-state index in [4.69, 9.17) is 9.47 Å². The molecule has 3 aliphatic heterocycles. The van der Waals surface area contributed by atoms with Crippen LogP contribution in [0, 0.1) is 6.92 Å². The topological polar surface area (TPSA) is 72.9 Å². The van der Waals surface area contributed by atoms with Gasteiger partial charge in [-0.25, -0.2) is 13.2 Å². The number of hydrogen-bond acceptors (Lipinski definition) is 5. The van der Waals surface area contributed by atoms with Crippen LogP contribution in [0.5, 0.6) is 0 Å². The van der Waals surface area contributed by atoms with Crippen molar-refractivity contribution in [1.29, 1.82) is 0 Å². The molecule has 3 aliphatic rings. The molecule has 1 aromatic rings. The number of aryl methyl sites for hydroxylation is 1. The molecule has 6 nitrogen and oxygen atoms in total. The molecule has 0 aromatic heterocycles. The summed E-state index contributed by atoms with van der Waals surface area (Å²) in [5.41, 5.74) is 1.19.